The third-order valence-corrected chi connectivity index (χ3v) is 4.10. The zero-order chi connectivity index (χ0) is 11.7. The van der Waals surface area contributed by atoms with Crippen LogP contribution < -0.4 is 5.32 Å². The highest BCUT2D eigenvalue weighted by Crippen LogP contribution is 2.29. The molecule has 2 aliphatic heterocycles. The lowest BCUT2D eigenvalue weighted by atomic mass is 9.94. The van der Waals surface area contributed by atoms with Gasteiger partial charge in [0.25, 0.3) is 0 Å². The van der Waals surface area contributed by atoms with Crippen LogP contribution in [0.25, 0.3) is 0 Å². The van der Waals surface area contributed by atoms with Gasteiger partial charge < -0.3 is 15.3 Å². The van der Waals surface area contributed by atoms with Gasteiger partial charge in [-0.3, -0.25) is 0 Å². The second kappa shape index (κ2) is 4.67. The molecule has 0 spiro atoms. The maximum Gasteiger partial charge on any atom is 0.0682 e. The Morgan fingerprint density at radius 3 is 3.06 bits per heavy atom. The molecule has 0 amide bonds. The number of hydrogen-bond acceptors (Lipinski definition) is 3. The lowest BCUT2D eigenvalue weighted by molar-refractivity contribution is 0.255. The van der Waals surface area contributed by atoms with Gasteiger partial charge in [0.05, 0.1) is 6.61 Å². The number of anilines is 1. The lowest BCUT2D eigenvalue weighted by Crippen LogP contribution is -2.39. The molecule has 92 valence electrons. The van der Waals surface area contributed by atoms with Crippen molar-refractivity contribution in [1.29, 1.82) is 0 Å². The summed E-state index contributed by atoms with van der Waals surface area (Å²) in [5, 5.41) is 12.8. The van der Waals surface area contributed by atoms with Crippen molar-refractivity contribution in [2.45, 2.75) is 25.5 Å². The lowest BCUT2D eigenvalue weighted by Gasteiger charge is -2.31. The van der Waals surface area contributed by atoms with E-state index in [1.54, 1.807) is 0 Å². The predicted octanol–water partition coefficient (Wildman–Crippen LogP) is 1.68. The molecule has 2 aliphatic rings. The Labute approximate surface area is 102 Å². The number of piperidine rings is 1. The Hall–Kier alpha value is -1.06. The van der Waals surface area contributed by atoms with E-state index in [0.29, 0.717) is 6.04 Å². The van der Waals surface area contributed by atoms with Gasteiger partial charge >= 0.3 is 0 Å². The molecule has 2 saturated heterocycles. The van der Waals surface area contributed by atoms with Crippen LogP contribution >= 0.6 is 0 Å². The fraction of sp³-hybridized carbons (Fsp3) is 0.571. The molecule has 1 aromatic rings. The van der Waals surface area contributed by atoms with E-state index in [9.17, 15) is 0 Å². The zero-order valence-corrected chi connectivity index (χ0v) is 10.1. The average molecular weight is 232 g/mol. The highest BCUT2D eigenvalue weighted by molar-refractivity contribution is 5.46. The molecule has 0 aromatic heterocycles. The van der Waals surface area contributed by atoms with Crippen LogP contribution in [0.15, 0.2) is 24.3 Å². The highest BCUT2D eigenvalue weighted by atomic mass is 16.3. The molecule has 3 atom stereocenters. The molecule has 2 heterocycles. The average Bonchev–Trinajstić information content (AvgIpc) is 2.76. The molecule has 3 rings (SSSR count). The summed E-state index contributed by atoms with van der Waals surface area (Å²) in [5.41, 5.74) is 2.14. The van der Waals surface area contributed by atoms with Gasteiger partial charge in [-0.1, -0.05) is 12.1 Å². The predicted molar refractivity (Wildman–Crippen MR) is 68.9 cm³/mol. The summed E-state index contributed by atoms with van der Waals surface area (Å²) in [6.07, 6.45) is 2.57. The molecule has 2 bridgehead atoms. The number of nitrogens with zero attached hydrogens (tertiary/aromatic N) is 1. The summed E-state index contributed by atoms with van der Waals surface area (Å²) in [6.45, 7) is 3.89. The highest BCUT2D eigenvalue weighted by Gasteiger charge is 2.33. The Kier molecular flexibility index (Phi) is 3.04. The Balaban J connectivity index is 1.69. The van der Waals surface area contributed by atoms with Gasteiger partial charge in [-0.25, -0.2) is 0 Å². The fourth-order valence-electron chi connectivity index (χ4n) is 3.12. The molecule has 0 radical (unpaired) electrons. The standard InChI is InChI=1S/C14H20N2O/c17-10-11-2-1-3-13(8-11)15-14-5-7-16-6-4-12(14)9-16/h1-3,8,12,14-15,17H,4-7,9-10H2. The topological polar surface area (TPSA) is 35.5 Å². The van der Waals surface area contributed by atoms with E-state index in [0.717, 1.165) is 17.2 Å². The van der Waals surface area contributed by atoms with E-state index in [1.165, 1.54) is 32.5 Å². The summed E-state index contributed by atoms with van der Waals surface area (Å²) in [6, 6.07) is 8.74. The number of nitrogens with one attached hydrogen (secondary N) is 1. The number of hydrogen-bond donors (Lipinski definition) is 2. The van der Waals surface area contributed by atoms with Crippen LogP contribution in [0, 0.1) is 5.92 Å². The minimum atomic E-state index is 0.122. The molecule has 1 aromatic carbocycles. The van der Waals surface area contributed by atoms with Crippen LogP contribution in [-0.2, 0) is 6.61 Å². The molecule has 0 saturated carbocycles. The molecule has 3 unspecified atom stereocenters. The molecule has 0 aliphatic carbocycles. The molecule has 3 nitrogen and oxygen atoms in total. The van der Waals surface area contributed by atoms with Gasteiger partial charge in [-0.15, -0.1) is 0 Å². The van der Waals surface area contributed by atoms with Gasteiger partial charge in [0.2, 0.25) is 0 Å². The van der Waals surface area contributed by atoms with Gasteiger partial charge in [0, 0.05) is 24.8 Å². The first-order chi connectivity index (χ1) is 8.35. The quantitative estimate of drug-likeness (QED) is 0.832. The van der Waals surface area contributed by atoms with Gasteiger partial charge in [0.15, 0.2) is 0 Å². The maximum absolute atomic E-state index is 9.14. The van der Waals surface area contributed by atoms with Crippen molar-refractivity contribution >= 4 is 5.69 Å². The summed E-state index contributed by atoms with van der Waals surface area (Å²) in [4.78, 5) is 2.56. The van der Waals surface area contributed by atoms with E-state index in [2.05, 4.69) is 22.3 Å². The van der Waals surface area contributed by atoms with E-state index in [-0.39, 0.29) is 6.61 Å². The van der Waals surface area contributed by atoms with Crippen molar-refractivity contribution in [3.63, 3.8) is 0 Å². The van der Waals surface area contributed by atoms with Crippen LogP contribution in [0.1, 0.15) is 18.4 Å². The van der Waals surface area contributed by atoms with Crippen LogP contribution in [0.5, 0.6) is 0 Å². The van der Waals surface area contributed by atoms with E-state index in [4.69, 9.17) is 5.11 Å². The Bertz CT molecular complexity index is 394. The normalized spacial score (nSPS) is 31.5. The van der Waals surface area contributed by atoms with Crippen molar-refractivity contribution in [3.8, 4) is 0 Å². The minimum absolute atomic E-state index is 0.122. The van der Waals surface area contributed by atoms with Crippen LogP contribution in [0.4, 0.5) is 5.69 Å². The first-order valence-corrected chi connectivity index (χ1v) is 6.54. The number of fused-ring (bicyclic) bond motifs is 2. The van der Waals surface area contributed by atoms with Crippen LogP contribution in [0.2, 0.25) is 0 Å². The summed E-state index contributed by atoms with van der Waals surface area (Å²) < 4.78 is 0. The van der Waals surface area contributed by atoms with Crippen molar-refractivity contribution in [1.82, 2.24) is 4.90 Å². The summed E-state index contributed by atoms with van der Waals surface area (Å²) >= 11 is 0. The Morgan fingerprint density at radius 2 is 2.18 bits per heavy atom. The second-order valence-electron chi connectivity index (χ2n) is 5.25. The molecule has 3 heteroatoms. The number of benzene rings is 1. The third-order valence-electron chi connectivity index (χ3n) is 4.10. The van der Waals surface area contributed by atoms with Crippen LogP contribution in [0.3, 0.4) is 0 Å². The van der Waals surface area contributed by atoms with E-state index < -0.39 is 0 Å². The molecular formula is C14H20N2O. The van der Waals surface area contributed by atoms with Crippen molar-refractivity contribution < 1.29 is 5.11 Å². The maximum atomic E-state index is 9.14. The van der Waals surface area contributed by atoms with Crippen molar-refractivity contribution in [2.75, 3.05) is 25.0 Å². The number of aliphatic hydroxyl groups is 1. The first kappa shape index (κ1) is 11.1. The zero-order valence-electron chi connectivity index (χ0n) is 10.1. The fourth-order valence-corrected chi connectivity index (χ4v) is 3.12. The van der Waals surface area contributed by atoms with Gasteiger partial charge in [0.1, 0.15) is 0 Å². The molecule has 2 N–H and O–H groups in total. The molecule has 2 fully saturated rings. The second-order valence-corrected chi connectivity index (χ2v) is 5.25. The molecule has 17 heavy (non-hydrogen) atoms. The SMILES string of the molecule is OCc1cccc(NC2CCN3CCC2C3)c1. The van der Waals surface area contributed by atoms with E-state index in [1.807, 2.05) is 12.1 Å². The largest absolute Gasteiger partial charge is 0.392 e. The molecular weight excluding hydrogens is 212 g/mol. The monoisotopic (exact) mass is 232 g/mol. The Morgan fingerprint density at radius 1 is 1.29 bits per heavy atom. The van der Waals surface area contributed by atoms with E-state index >= 15 is 0 Å². The van der Waals surface area contributed by atoms with Crippen molar-refractivity contribution in [2.24, 2.45) is 5.92 Å². The number of rotatable bonds is 3. The van der Waals surface area contributed by atoms with Crippen LogP contribution in [-0.4, -0.2) is 35.7 Å². The van der Waals surface area contributed by atoms with Gasteiger partial charge in [-0.05, 0) is 43.0 Å². The first-order valence-electron chi connectivity index (χ1n) is 6.54. The van der Waals surface area contributed by atoms with Gasteiger partial charge in [-0.2, -0.15) is 0 Å². The minimum Gasteiger partial charge on any atom is -0.392 e. The van der Waals surface area contributed by atoms with Crippen molar-refractivity contribution in [3.05, 3.63) is 29.8 Å². The summed E-state index contributed by atoms with van der Waals surface area (Å²) in [5.74, 6) is 0.807. The smallest absolute Gasteiger partial charge is 0.0682 e. The number of aliphatic hydroxyl groups excluding tert-OH is 1. The third kappa shape index (κ3) is 2.31. The summed E-state index contributed by atoms with van der Waals surface area (Å²) in [7, 11) is 0.